The van der Waals surface area contributed by atoms with Gasteiger partial charge in [0.15, 0.2) is 0 Å². The molecule has 1 heterocycles. The first-order valence-corrected chi connectivity index (χ1v) is 7.34. The summed E-state index contributed by atoms with van der Waals surface area (Å²) >= 11 is 0. The molecule has 0 radical (unpaired) electrons. The van der Waals surface area contributed by atoms with Gasteiger partial charge in [-0.15, -0.1) is 0 Å². The van der Waals surface area contributed by atoms with Gasteiger partial charge in [-0.3, -0.25) is 18.4 Å². The number of hydrogen-bond donors (Lipinski definition) is 0. The van der Waals surface area contributed by atoms with Crippen molar-refractivity contribution < 1.29 is 18.4 Å². The molecule has 4 nitrogen and oxygen atoms in total. The fraction of sp³-hybridized carbons (Fsp3) is 0.462. The number of carbonyl (C=O) groups is 1. The molecule has 0 unspecified atom stereocenters. The Bertz CT molecular complexity index is 499. The van der Waals surface area contributed by atoms with Gasteiger partial charge < -0.3 is 0 Å². The standard InChI is InChI=1S/C13H17O4P/c1-12(2)13(3,4)17-18(15,16-12)11(14)10-8-6-5-7-9-10/h5-9H,1-4H3. The second kappa shape index (κ2) is 4.02. The zero-order valence-electron chi connectivity index (χ0n) is 11.0. The second-order valence-electron chi connectivity index (χ2n) is 5.37. The van der Waals surface area contributed by atoms with E-state index in [0.29, 0.717) is 5.56 Å². The highest BCUT2D eigenvalue weighted by Crippen LogP contribution is 2.65. The third-order valence-corrected chi connectivity index (χ3v) is 5.57. The van der Waals surface area contributed by atoms with Crippen molar-refractivity contribution in [2.24, 2.45) is 0 Å². The Labute approximate surface area is 107 Å². The molecule has 18 heavy (non-hydrogen) atoms. The lowest BCUT2D eigenvalue weighted by Crippen LogP contribution is -2.41. The second-order valence-corrected chi connectivity index (χ2v) is 7.14. The van der Waals surface area contributed by atoms with Crippen LogP contribution in [0.5, 0.6) is 0 Å². The maximum Gasteiger partial charge on any atom is 0.402 e. The zero-order chi connectivity index (χ0) is 13.6. The Kier molecular flexibility index (Phi) is 3.01. The van der Waals surface area contributed by atoms with E-state index in [1.807, 2.05) is 0 Å². The summed E-state index contributed by atoms with van der Waals surface area (Å²) in [6.45, 7) is 7.08. The molecule has 0 aromatic heterocycles. The molecule has 1 saturated heterocycles. The minimum Gasteiger partial charge on any atom is -0.294 e. The third kappa shape index (κ3) is 2.05. The molecule has 0 atom stereocenters. The van der Waals surface area contributed by atoms with Gasteiger partial charge >= 0.3 is 7.60 Å². The maximum absolute atomic E-state index is 12.6. The van der Waals surface area contributed by atoms with Crippen molar-refractivity contribution >= 4 is 13.1 Å². The molecule has 0 saturated carbocycles. The molecule has 0 amide bonds. The molecule has 1 aromatic rings. The van der Waals surface area contributed by atoms with E-state index in [4.69, 9.17) is 9.05 Å². The Morgan fingerprint density at radius 2 is 1.44 bits per heavy atom. The van der Waals surface area contributed by atoms with E-state index in [1.165, 1.54) is 0 Å². The average Bonchev–Trinajstić information content (AvgIpc) is 2.44. The van der Waals surface area contributed by atoms with Gasteiger partial charge in [-0.05, 0) is 27.7 Å². The summed E-state index contributed by atoms with van der Waals surface area (Å²) in [7, 11) is -3.76. The van der Waals surface area contributed by atoms with E-state index < -0.39 is 24.3 Å². The largest absolute Gasteiger partial charge is 0.402 e. The van der Waals surface area contributed by atoms with Crippen LogP contribution in [0, 0.1) is 0 Å². The zero-order valence-corrected chi connectivity index (χ0v) is 11.9. The van der Waals surface area contributed by atoms with Crippen LogP contribution in [0.4, 0.5) is 0 Å². The number of carbonyl (C=O) groups excluding carboxylic acids is 1. The smallest absolute Gasteiger partial charge is 0.294 e. The van der Waals surface area contributed by atoms with Gasteiger partial charge in [0.25, 0.3) is 5.52 Å². The van der Waals surface area contributed by atoms with Crippen LogP contribution in [-0.2, 0) is 13.6 Å². The highest BCUT2D eigenvalue weighted by molar-refractivity contribution is 7.72. The minimum atomic E-state index is -3.76. The van der Waals surface area contributed by atoms with Gasteiger partial charge in [0.2, 0.25) is 0 Å². The predicted octanol–water partition coefficient (Wildman–Crippen LogP) is 3.62. The van der Waals surface area contributed by atoms with E-state index in [9.17, 15) is 9.36 Å². The Hall–Kier alpha value is -0.960. The fourth-order valence-corrected chi connectivity index (χ4v) is 3.97. The number of hydrogen-bond acceptors (Lipinski definition) is 4. The molecule has 0 spiro atoms. The summed E-state index contributed by atoms with van der Waals surface area (Å²) < 4.78 is 23.5. The third-order valence-electron chi connectivity index (χ3n) is 3.42. The van der Waals surface area contributed by atoms with E-state index in [0.717, 1.165) is 0 Å². The number of benzene rings is 1. The molecule has 0 N–H and O–H groups in total. The van der Waals surface area contributed by atoms with Crippen LogP contribution >= 0.6 is 7.60 Å². The van der Waals surface area contributed by atoms with E-state index in [2.05, 4.69) is 0 Å². The van der Waals surface area contributed by atoms with Gasteiger partial charge in [0, 0.05) is 5.56 Å². The topological polar surface area (TPSA) is 52.6 Å². The van der Waals surface area contributed by atoms with Crippen LogP contribution in [0.1, 0.15) is 38.1 Å². The minimum absolute atomic E-state index is 0.342. The molecule has 5 heteroatoms. The van der Waals surface area contributed by atoms with Crippen molar-refractivity contribution in [2.45, 2.75) is 38.9 Å². The summed E-state index contributed by atoms with van der Waals surface area (Å²) in [5.41, 5.74) is -1.78. The lowest BCUT2D eigenvalue weighted by molar-refractivity contribution is 0.00578. The van der Waals surface area contributed by atoms with E-state index in [1.54, 1.807) is 58.0 Å². The highest BCUT2D eigenvalue weighted by atomic mass is 31.2. The number of rotatable bonds is 2. The van der Waals surface area contributed by atoms with Crippen molar-refractivity contribution in [1.29, 1.82) is 0 Å². The van der Waals surface area contributed by atoms with Crippen LogP contribution < -0.4 is 0 Å². The molecule has 1 fully saturated rings. The summed E-state index contributed by atoms with van der Waals surface area (Å²) in [4.78, 5) is 12.2. The molecular weight excluding hydrogens is 251 g/mol. The first-order valence-electron chi connectivity index (χ1n) is 5.79. The summed E-state index contributed by atoms with van der Waals surface area (Å²) in [6.07, 6.45) is 0. The van der Waals surface area contributed by atoms with E-state index >= 15 is 0 Å². The Morgan fingerprint density at radius 1 is 1.00 bits per heavy atom. The summed E-state index contributed by atoms with van der Waals surface area (Å²) in [5, 5.41) is 0. The van der Waals surface area contributed by atoms with Gasteiger partial charge in [0.05, 0.1) is 0 Å². The van der Waals surface area contributed by atoms with Gasteiger partial charge in [-0.1, -0.05) is 30.3 Å². The maximum atomic E-state index is 12.6. The Balaban J connectivity index is 2.36. The normalized spacial score (nSPS) is 23.8. The summed E-state index contributed by atoms with van der Waals surface area (Å²) in [6, 6.07) is 8.43. The van der Waals surface area contributed by atoms with Crippen molar-refractivity contribution in [3.05, 3.63) is 35.9 Å². The first kappa shape index (κ1) is 13.5. The SMILES string of the molecule is CC1(C)OP(=O)(C(=O)c2ccccc2)OC1(C)C. The van der Waals surface area contributed by atoms with Crippen LogP contribution in [0.15, 0.2) is 30.3 Å². The Morgan fingerprint density at radius 3 is 1.89 bits per heavy atom. The quantitative estimate of drug-likeness (QED) is 0.769. The van der Waals surface area contributed by atoms with Crippen molar-refractivity contribution in [1.82, 2.24) is 0 Å². The van der Waals surface area contributed by atoms with Crippen LogP contribution in [0.25, 0.3) is 0 Å². The highest BCUT2D eigenvalue weighted by Gasteiger charge is 2.58. The molecule has 1 aliphatic heterocycles. The first-order chi connectivity index (χ1) is 8.18. The van der Waals surface area contributed by atoms with Gasteiger partial charge in [0.1, 0.15) is 11.2 Å². The van der Waals surface area contributed by atoms with Gasteiger partial charge in [-0.2, -0.15) is 0 Å². The predicted molar refractivity (Wildman–Crippen MR) is 68.7 cm³/mol. The van der Waals surface area contributed by atoms with Crippen molar-refractivity contribution in [2.75, 3.05) is 0 Å². The van der Waals surface area contributed by atoms with Crippen molar-refractivity contribution in [3.63, 3.8) is 0 Å². The van der Waals surface area contributed by atoms with Crippen LogP contribution in [0.3, 0.4) is 0 Å². The molecule has 1 aromatic carbocycles. The summed E-state index contributed by atoms with van der Waals surface area (Å²) in [5.74, 6) is 0. The molecular formula is C13H17O4P. The lowest BCUT2D eigenvalue weighted by atomic mass is 9.90. The van der Waals surface area contributed by atoms with Crippen molar-refractivity contribution in [3.8, 4) is 0 Å². The molecule has 0 aliphatic carbocycles. The van der Waals surface area contributed by atoms with Crippen LogP contribution in [-0.4, -0.2) is 16.7 Å². The molecule has 0 bridgehead atoms. The monoisotopic (exact) mass is 268 g/mol. The van der Waals surface area contributed by atoms with E-state index in [-0.39, 0.29) is 0 Å². The molecule has 98 valence electrons. The van der Waals surface area contributed by atoms with Gasteiger partial charge in [-0.25, -0.2) is 0 Å². The fourth-order valence-electron chi connectivity index (χ4n) is 1.66. The lowest BCUT2D eigenvalue weighted by Gasteiger charge is -2.29. The van der Waals surface area contributed by atoms with Crippen LogP contribution in [0.2, 0.25) is 0 Å². The average molecular weight is 268 g/mol. The molecule has 1 aliphatic rings. The molecule has 2 rings (SSSR count).